The summed E-state index contributed by atoms with van der Waals surface area (Å²) in [5.74, 6) is 0.661. The first-order chi connectivity index (χ1) is 8.39. The van der Waals surface area contributed by atoms with Crippen LogP contribution in [0.2, 0.25) is 0 Å². The first-order valence-corrected chi connectivity index (χ1v) is 6.40. The van der Waals surface area contributed by atoms with Crippen molar-refractivity contribution in [3.63, 3.8) is 0 Å². The predicted molar refractivity (Wildman–Crippen MR) is 77.1 cm³/mol. The fourth-order valence-corrected chi connectivity index (χ4v) is 1.88. The van der Waals surface area contributed by atoms with Crippen molar-refractivity contribution in [1.29, 1.82) is 0 Å². The van der Waals surface area contributed by atoms with Gasteiger partial charge >= 0.3 is 0 Å². The highest BCUT2D eigenvalue weighted by Crippen LogP contribution is 2.27. The third kappa shape index (κ3) is 2.78. The van der Waals surface area contributed by atoms with Gasteiger partial charge in [0, 0.05) is 0 Å². The van der Waals surface area contributed by atoms with E-state index in [0.29, 0.717) is 11.2 Å². The summed E-state index contributed by atoms with van der Waals surface area (Å²) in [6.07, 6.45) is 0. The maximum Gasteiger partial charge on any atom is 0.258 e. The van der Waals surface area contributed by atoms with Crippen LogP contribution < -0.4 is 5.56 Å². The fraction of sp³-hybridized carbons (Fsp3) is 0.467. The summed E-state index contributed by atoms with van der Waals surface area (Å²) in [5, 5.41) is 0.665. The summed E-state index contributed by atoms with van der Waals surface area (Å²) in [4.78, 5) is 19.0. The summed E-state index contributed by atoms with van der Waals surface area (Å²) in [7, 11) is 0. The molecule has 0 saturated heterocycles. The molecular weight excluding hydrogens is 224 g/mol. The van der Waals surface area contributed by atoms with E-state index in [1.165, 1.54) is 0 Å². The Labute approximate surface area is 108 Å². The van der Waals surface area contributed by atoms with E-state index in [9.17, 15) is 4.79 Å². The lowest BCUT2D eigenvalue weighted by Crippen LogP contribution is -2.16. The minimum atomic E-state index is -0.0615. The van der Waals surface area contributed by atoms with Gasteiger partial charge in [-0.15, -0.1) is 0 Å². The number of nitrogens with zero attached hydrogens (tertiary/aromatic N) is 1. The highest BCUT2D eigenvalue weighted by Gasteiger charge is 2.18. The van der Waals surface area contributed by atoms with E-state index >= 15 is 0 Å². The standard InChI is InChI=1S/C13H16N2O.C2H6/c1-8-14-11-9(12(16)15-8)6-5-7-10(11)13(2,3)4;1-2/h5-7H,1-4H3,(H,14,15,16);1-2H3. The van der Waals surface area contributed by atoms with Crippen LogP contribution in [-0.4, -0.2) is 9.97 Å². The number of nitrogens with one attached hydrogen (secondary N) is 1. The monoisotopic (exact) mass is 246 g/mol. The SMILES string of the molecule is CC.Cc1nc2c(C(C)(C)C)cccc2c(=O)[nH]1. The lowest BCUT2D eigenvalue weighted by molar-refractivity contribution is 0.594. The van der Waals surface area contributed by atoms with Crippen molar-refractivity contribution in [2.75, 3.05) is 0 Å². The Balaban J connectivity index is 0.000000771. The predicted octanol–water partition coefficient (Wildman–Crippen LogP) is 3.56. The largest absolute Gasteiger partial charge is 0.310 e. The van der Waals surface area contributed by atoms with Crippen LogP contribution in [0.5, 0.6) is 0 Å². The molecule has 0 atom stereocenters. The second kappa shape index (κ2) is 5.34. The third-order valence-electron chi connectivity index (χ3n) is 2.66. The molecule has 0 radical (unpaired) electrons. The quantitative estimate of drug-likeness (QED) is 0.772. The molecule has 98 valence electrons. The van der Waals surface area contributed by atoms with Crippen molar-refractivity contribution in [2.24, 2.45) is 0 Å². The molecule has 2 rings (SSSR count). The van der Waals surface area contributed by atoms with Gasteiger partial charge in [0.15, 0.2) is 0 Å². The van der Waals surface area contributed by atoms with Gasteiger partial charge in [-0.05, 0) is 24.0 Å². The van der Waals surface area contributed by atoms with Crippen LogP contribution in [0, 0.1) is 6.92 Å². The Morgan fingerprint density at radius 3 is 2.33 bits per heavy atom. The molecule has 3 nitrogen and oxygen atoms in total. The number of hydrogen-bond donors (Lipinski definition) is 1. The number of aryl methyl sites for hydroxylation is 1. The van der Waals surface area contributed by atoms with E-state index in [0.717, 1.165) is 11.1 Å². The molecule has 0 amide bonds. The van der Waals surface area contributed by atoms with E-state index in [1.54, 1.807) is 6.92 Å². The molecule has 0 aliphatic rings. The van der Waals surface area contributed by atoms with Crippen LogP contribution in [0.4, 0.5) is 0 Å². The van der Waals surface area contributed by atoms with Gasteiger partial charge in [-0.25, -0.2) is 4.98 Å². The molecule has 0 bridgehead atoms. The van der Waals surface area contributed by atoms with Gasteiger partial charge in [-0.3, -0.25) is 4.79 Å². The zero-order valence-corrected chi connectivity index (χ0v) is 12.1. The minimum Gasteiger partial charge on any atom is -0.310 e. The highest BCUT2D eigenvalue weighted by molar-refractivity contribution is 5.81. The molecule has 3 heteroatoms. The second-order valence-electron chi connectivity index (χ2n) is 5.10. The number of benzene rings is 1. The maximum atomic E-state index is 11.8. The normalized spacial score (nSPS) is 11.0. The number of aromatic nitrogens is 2. The van der Waals surface area contributed by atoms with Crippen LogP contribution in [0.1, 0.15) is 46.0 Å². The van der Waals surface area contributed by atoms with E-state index < -0.39 is 0 Å². The molecular formula is C15H22N2O. The van der Waals surface area contributed by atoms with Gasteiger partial charge < -0.3 is 4.98 Å². The Morgan fingerprint density at radius 1 is 1.17 bits per heavy atom. The zero-order chi connectivity index (χ0) is 13.9. The van der Waals surface area contributed by atoms with E-state index in [4.69, 9.17) is 0 Å². The fourth-order valence-electron chi connectivity index (χ4n) is 1.88. The Morgan fingerprint density at radius 2 is 1.78 bits per heavy atom. The Hall–Kier alpha value is -1.64. The Bertz CT molecular complexity index is 591. The number of H-pyrrole nitrogens is 1. The molecule has 1 aromatic heterocycles. The van der Waals surface area contributed by atoms with Crippen molar-refractivity contribution in [3.05, 3.63) is 39.9 Å². The molecule has 0 fully saturated rings. The summed E-state index contributed by atoms with van der Waals surface area (Å²) in [6, 6.07) is 5.76. The molecule has 0 saturated carbocycles. The molecule has 18 heavy (non-hydrogen) atoms. The lowest BCUT2D eigenvalue weighted by atomic mass is 9.85. The first kappa shape index (κ1) is 14.4. The van der Waals surface area contributed by atoms with Crippen molar-refractivity contribution < 1.29 is 0 Å². The number of aromatic amines is 1. The molecule has 0 aliphatic heterocycles. The molecule has 2 aromatic rings. The molecule has 0 spiro atoms. The summed E-state index contributed by atoms with van der Waals surface area (Å²) in [6.45, 7) is 12.2. The summed E-state index contributed by atoms with van der Waals surface area (Å²) in [5.41, 5.74) is 1.86. The third-order valence-corrected chi connectivity index (χ3v) is 2.66. The number of para-hydroxylation sites is 1. The molecule has 0 aliphatic carbocycles. The molecule has 1 aromatic carbocycles. The van der Waals surface area contributed by atoms with Gasteiger partial charge in [-0.2, -0.15) is 0 Å². The lowest BCUT2D eigenvalue weighted by Gasteiger charge is -2.20. The molecule has 1 N–H and O–H groups in total. The maximum absolute atomic E-state index is 11.8. The highest BCUT2D eigenvalue weighted by atomic mass is 16.1. The van der Waals surface area contributed by atoms with Crippen LogP contribution in [0.15, 0.2) is 23.0 Å². The van der Waals surface area contributed by atoms with Crippen molar-refractivity contribution in [1.82, 2.24) is 9.97 Å². The minimum absolute atomic E-state index is 0.00720. The van der Waals surface area contributed by atoms with E-state index in [1.807, 2.05) is 32.0 Å². The second-order valence-corrected chi connectivity index (χ2v) is 5.10. The average Bonchev–Trinajstić information content (AvgIpc) is 2.29. The first-order valence-electron chi connectivity index (χ1n) is 6.40. The Kier molecular flexibility index (Phi) is 4.28. The van der Waals surface area contributed by atoms with Crippen molar-refractivity contribution in [2.45, 2.75) is 47.0 Å². The van der Waals surface area contributed by atoms with Crippen molar-refractivity contribution >= 4 is 10.9 Å². The average molecular weight is 246 g/mol. The van der Waals surface area contributed by atoms with E-state index in [2.05, 4.69) is 30.7 Å². The summed E-state index contributed by atoms with van der Waals surface area (Å²) < 4.78 is 0. The van der Waals surface area contributed by atoms with Crippen LogP contribution in [-0.2, 0) is 5.41 Å². The molecule has 1 heterocycles. The van der Waals surface area contributed by atoms with Gasteiger partial charge in [0.2, 0.25) is 0 Å². The number of rotatable bonds is 0. The smallest absolute Gasteiger partial charge is 0.258 e. The summed E-state index contributed by atoms with van der Waals surface area (Å²) >= 11 is 0. The number of fused-ring (bicyclic) bond motifs is 1. The number of hydrogen-bond acceptors (Lipinski definition) is 2. The van der Waals surface area contributed by atoms with Crippen LogP contribution >= 0.6 is 0 Å². The topological polar surface area (TPSA) is 45.8 Å². The van der Waals surface area contributed by atoms with Crippen LogP contribution in [0.3, 0.4) is 0 Å². The van der Waals surface area contributed by atoms with Crippen molar-refractivity contribution in [3.8, 4) is 0 Å². The van der Waals surface area contributed by atoms with Gasteiger partial charge in [0.05, 0.1) is 10.9 Å². The van der Waals surface area contributed by atoms with Gasteiger partial charge in [0.1, 0.15) is 5.82 Å². The van der Waals surface area contributed by atoms with E-state index in [-0.39, 0.29) is 11.0 Å². The van der Waals surface area contributed by atoms with Gasteiger partial charge in [-0.1, -0.05) is 46.8 Å². The van der Waals surface area contributed by atoms with Crippen LogP contribution in [0.25, 0.3) is 10.9 Å². The van der Waals surface area contributed by atoms with Gasteiger partial charge in [0.25, 0.3) is 5.56 Å². The zero-order valence-electron chi connectivity index (χ0n) is 12.1. The molecule has 0 unspecified atom stereocenters.